The van der Waals surface area contributed by atoms with E-state index in [4.69, 9.17) is 0 Å². The maximum atomic E-state index is 14.2. The second-order valence-corrected chi connectivity index (χ2v) is 8.09. The maximum Gasteiger partial charge on any atom is 0.271 e. The number of nitrogens with zero attached hydrogens (tertiary/aromatic N) is 3. The zero-order valence-electron chi connectivity index (χ0n) is 14.4. The molecule has 0 saturated heterocycles. The molecule has 0 aliphatic heterocycles. The van der Waals surface area contributed by atoms with E-state index in [0.29, 0.717) is 12.1 Å². The number of carbonyl (C=O) groups excluding carboxylic acids is 1. The Morgan fingerprint density at radius 3 is 3.00 bits per heavy atom. The van der Waals surface area contributed by atoms with Crippen LogP contribution in [0.5, 0.6) is 0 Å². The molecule has 0 unspecified atom stereocenters. The van der Waals surface area contributed by atoms with E-state index in [0.717, 1.165) is 34.5 Å². The van der Waals surface area contributed by atoms with E-state index in [9.17, 15) is 13.6 Å². The van der Waals surface area contributed by atoms with Crippen LogP contribution in [0.4, 0.5) is 8.78 Å². The fraction of sp³-hybridized carbons (Fsp3) is 0.278. The highest BCUT2D eigenvalue weighted by atomic mass is 32.2. The molecule has 1 amide bonds. The third-order valence-corrected chi connectivity index (χ3v) is 6.38. The summed E-state index contributed by atoms with van der Waals surface area (Å²) in [4.78, 5) is 16.8. The van der Waals surface area contributed by atoms with Crippen molar-refractivity contribution in [1.29, 1.82) is 0 Å². The number of thioether (sulfide) groups is 1. The quantitative estimate of drug-likeness (QED) is 0.662. The number of nitrogens with one attached hydrogen (secondary N) is 1. The van der Waals surface area contributed by atoms with Crippen LogP contribution in [-0.2, 0) is 6.42 Å². The molecule has 5 nitrogen and oxygen atoms in total. The molecule has 1 atom stereocenters. The molecule has 2 heterocycles. The minimum Gasteiger partial charge on any atom is -0.344 e. The Bertz CT molecular complexity index is 1000. The predicted octanol–water partition coefficient (Wildman–Crippen LogP) is 4.14. The largest absolute Gasteiger partial charge is 0.344 e. The molecular formula is C18H16F2N4OS2. The van der Waals surface area contributed by atoms with Crippen molar-refractivity contribution in [2.75, 3.05) is 6.26 Å². The van der Waals surface area contributed by atoms with Gasteiger partial charge in [0.15, 0.2) is 5.82 Å². The van der Waals surface area contributed by atoms with Gasteiger partial charge in [-0.15, -0.1) is 11.3 Å². The number of hydrogen-bond donors (Lipinski definition) is 1. The minimum atomic E-state index is -0.667. The molecule has 0 radical (unpaired) electrons. The SMILES string of the molecule is CSc1nc(C(=O)N[C@H]2CCCc3c2cnn3-c2ccc(F)cc2F)cs1. The van der Waals surface area contributed by atoms with Crippen LogP contribution in [0.2, 0.25) is 0 Å². The molecule has 0 fully saturated rings. The molecular weight excluding hydrogens is 390 g/mol. The third-order valence-electron chi connectivity index (χ3n) is 4.52. The van der Waals surface area contributed by atoms with Gasteiger partial charge in [0.2, 0.25) is 0 Å². The van der Waals surface area contributed by atoms with Crippen molar-refractivity contribution in [1.82, 2.24) is 20.1 Å². The molecule has 0 spiro atoms. The average Bonchev–Trinajstić information content (AvgIpc) is 3.29. The highest BCUT2D eigenvalue weighted by molar-refractivity contribution is 8.00. The van der Waals surface area contributed by atoms with Crippen molar-refractivity contribution < 1.29 is 13.6 Å². The number of rotatable bonds is 4. The molecule has 1 aliphatic carbocycles. The van der Waals surface area contributed by atoms with Crippen LogP contribution in [-0.4, -0.2) is 26.9 Å². The van der Waals surface area contributed by atoms with Crippen LogP contribution in [0, 0.1) is 11.6 Å². The van der Waals surface area contributed by atoms with Crippen LogP contribution < -0.4 is 5.32 Å². The summed E-state index contributed by atoms with van der Waals surface area (Å²) in [7, 11) is 0. The normalized spacial score (nSPS) is 16.2. The van der Waals surface area contributed by atoms with Gasteiger partial charge < -0.3 is 5.32 Å². The molecule has 1 aliphatic rings. The molecule has 0 bridgehead atoms. The van der Waals surface area contributed by atoms with Gasteiger partial charge in [-0.25, -0.2) is 18.4 Å². The van der Waals surface area contributed by atoms with E-state index in [1.54, 1.807) is 11.6 Å². The number of benzene rings is 1. The summed E-state index contributed by atoms with van der Waals surface area (Å²) in [6, 6.07) is 3.22. The monoisotopic (exact) mass is 406 g/mol. The van der Waals surface area contributed by atoms with Crippen molar-refractivity contribution in [3.8, 4) is 5.69 Å². The lowest BCUT2D eigenvalue weighted by Crippen LogP contribution is -2.31. The average molecular weight is 406 g/mol. The molecule has 0 saturated carbocycles. The number of carbonyl (C=O) groups is 1. The lowest BCUT2D eigenvalue weighted by Gasteiger charge is -2.24. The van der Waals surface area contributed by atoms with Gasteiger partial charge in [0.25, 0.3) is 5.91 Å². The van der Waals surface area contributed by atoms with E-state index < -0.39 is 11.6 Å². The summed E-state index contributed by atoms with van der Waals surface area (Å²) in [6.07, 6.45) is 5.88. The first kappa shape index (κ1) is 18.1. The van der Waals surface area contributed by atoms with E-state index in [1.165, 1.54) is 39.9 Å². The van der Waals surface area contributed by atoms with Crippen molar-refractivity contribution >= 4 is 29.0 Å². The minimum absolute atomic E-state index is 0.203. The molecule has 140 valence electrons. The molecule has 1 N–H and O–H groups in total. The van der Waals surface area contributed by atoms with Crippen molar-refractivity contribution in [3.05, 3.63) is 58.4 Å². The Labute approximate surface area is 162 Å². The number of thiazole rings is 1. The van der Waals surface area contributed by atoms with E-state index in [2.05, 4.69) is 15.4 Å². The van der Waals surface area contributed by atoms with Crippen LogP contribution in [0.25, 0.3) is 5.69 Å². The van der Waals surface area contributed by atoms with Crippen molar-refractivity contribution in [2.24, 2.45) is 0 Å². The standard InChI is InChI=1S/C18H16F2N4OS2/c1-26-18-23-14(9-27-18)17(25)22-13-3-2-4-15-11(13)8-21-24(15)16-6-5-10(19)7-12(16)20/h5-9,13H,2-4H2,1H3,(H,22,25)/t13-/m0/s1. The molecule has 9 heteroatoms. The number of halogens is 2. The van der Waals surface area contributed by atoms with E-state index in [-0.39, 0.29) is 17.6 Å². The topological polar surface area (TPSA) is 59.8 Å². The summed E-state index contributed by atoms with van der Waals surface area (Å²) in [6.45, 7) is 0. The Hall–Kier alpha value is -2.26. The van der Waals surface area contributed by atoms with Gasteiger partial charge in [0.05, 0.1) is 12.2 Å². The lowest BCUT2D eigenvalue weighted by molar-refractivity contribution is 0.0928. The summed E-state index contributed by atoms with van der Waals surface area (Å²) in [5, 5.41) is 9.04. The number of fused-ring (bicyclic) bond motifs is 1. The molecule has 4 rings (SSSR count). The van der Waals surface area contributed by atoms with Crippen LogP contribution in [0.1, 0.15) is 40.6 Å². The zero-order chi connectivity index (χ0) is 19.0. The smallest absolute Gasteiger partial charge is 0.271 e. The third kappa shape index (κ3) is 3.49. The van der Waals surface area contributed by atoms with Crippen molar-refractivity contribution in [2.45, 2.75) is 29.6 Å². The highest BCUT2D eigenvalue weighted by Crippen LogP contribution is 2.32. The van der Waals surface area contributed by atoms with Gasteiger partial charge in [-0.05, 0) is 37.7 Å². The summed E-state index contributed by atoms with van der Waals surface area (Å²) in [5.41, 5.74) is 2.29. The number of amides is 1. The van der Waals surface area contributed by atoms with Crippen LogP contribution in [0.3, 0.4) is 0 Å². The fourth-order valence-corrected chi connectivity index (χ4v) is 4.50. The predicted molar refractivity (Wildman–Crippen MR) is 101 cm³/mol. The first-order valence-electron chi connectivity index (χ1n) is 8.39. The first-order chi connectivity index (χ1) is 13.1. The van der Waals surface area contributed by atoms with Gasteiger partial charge in [0, 0.05) is 22.7 Å². The van der Waals surface area contributed by atoms with Gasteiger partial charge in [0.1, 0.15) is 21.5 Å². The second-order valence-electron chi connectivity index (χ2n) is 6.18. The molecule has 3 aromatic rings. The Kier molecular flexibility index (Phi) is 4.96. The molecule has 1 aromatic carbocycles. The summed E-state index contributed by atoms with van der Waals surface area (Å²) < 4.78 is 29.7. The van der Waals surface area contributed by atoms with Gasteiger partial charge in [-0.3, -0.25) is 4.79 Å². The van der Waals surface area contributed by atoms with Gasteiger partial charge >= 0.3 is 0 Å². The number of aromatic nitrogens is 3. The second kappa shape index (κ2) is 7.40. The zero-order valence-corrected chi connectivity index (χ0v) is 16.0. The van der Waals surface area contributed by atoms with Crippen LogP contribution >= 0.6 is 23.1 Å². The van der Waals surface area contributed by atoms with E-state index in [1.807, 2.05) is 6.26 Å². The molecule has 27 heavy (non-hydrogen) atoms. The highest BCUT2D eigenvalue weighted by Gasteiger charge is 2.27. The first-order valence-corrected chi connectivity index (χ1v) is 10.5. The van der Waals surface area contributed by atoms with Gasteiger partial charge in [-0.1, -0.05) is 11.8 Å². The maximum absolute atomic E-state index is 14.2. The Morgan fingerprint density at radius 2 is 2.26 bits per heavy atom. The summed E-state index contributed by atoms with van der Waals surface area (Å²) >= 11 is 2.93. The fourth-order valence-electron chi connectivity index (χ4n) is 3.25. The van der Waals surface area contributed by atoms with Gasteiger partial charge in [-0.2, -0.15) is 5.10 Å². The van der Waals surface area contributed by atoms with Crippen molar-refractivity contribution in [3.63, 3.8) is 0 Å². The summed E-state index contributed by atoms with van der Waals surface area (Å²) in [5.74, 6) is -1.53. The van der Waals surface area contributed by atoms with E-state index >= 15 is 0 Å². The van der Waals surface area contributed by atoms with Crippen LogP contribution in [0.15, 0.2) is 34.1 Å². The Morgan fingerprint density at radius 1 is 1.41 bits per heavy atom. The molecule has 2 aromatic heterocycles. The Balaban J connectivity index is 1.61. The lowest BCUT2D eigenvalue weighted by atomic mass is 9.92. The number of hydrogen-bond acceptors (Lipinski definition) is 5.